The molecule has 4 fully saturated rings. The van der Waals surface area contributed by atoms with Gasteiger partial charge >= 0.3 is 0 Å². The van der Waals surface area contributed by atoms with Gasteiger partial charge in [0.25, 0.3) is 0 Å². The van der Waals surface area contributed by atoms with Crippen LogP contribution in [0.5, 0.6) is 0 Å². The van der Waals surface area contributed by atoms with Crippen LogP contribution in [0.25, 0.3) is 0 Å². The van der Waals surface area contributed by atoms with E-state index >= 15 is 0 Å². The van der Waals surface area contributed by atoms with E-state index in [2.05, 4.69) is 19.2 Å². The SMILES string of the molecule is CNC(=O)[C@H]1CC[C@H]2[C@@H]3CCC4C[C@@H](O)CC[C@]4(C)[C@H]3[C@@H](O)C[C@]12C. The molecule has 0 spiro atoms. The second-order valence-electron chi connectivity index (χ2n) is 10.0. The summed E-state index contributed by atoms with van der Waals surface area (Å²) in [5, 5.41) is 24.3. The first kappa shape index (κ1) is 17.8. The molecule has 4 aliphatic carbocycles. The number of aliphatic hydroxyl groups is 2. The lowest BCUT2D eigenvalue weighted by Gasteiger charge is -2.62. The van der Waals surface area contributed by atoms with Gasteiger partial charge in [0.1, 0.15) is 0 Å². The van der Waals surface area contributed by atoms with Crippen LogP contribution in [-0.2, 0) is 4.79 Å². The predicted octanol–water partition coefficient (Wildman–Crippen LogP) is 2.72. The number of hydrogen-bond acceptors (Lipinski definition) is 3. The average Bonchev–Trinajstić information content (AvgIpc) is 2.91. The zero-order valence-electron chi connectivity index (χ0n) is 16.0. The van der Waals surface area contributed by atoms with Gasteiger partial charge in [0, 0.05) is 13.0 Å². The fraction of sp³-hybridized carbons (Fsp3) is 0.952. The van der Waals surface area contributed by atoms with Gasteiger partial charge in [-0.1, -0.05) is 13.8 Å². The van der Waals surface area contributed by atoms with Crippen LogP contribution in [0.4, 0.5) is 0 Å². The van der Waals surface area contributed by atoms with Crippen molar-refractivity contribution in [1.82, 2.24) is 5.32 Å². The largest absolute Gasteiger partial charge is 0.393 e. The summed E-state index contributed by atoms with van der Waals surface area (Å²) in [5.41, 5.74) is 0.103. The fourth-order valence-electron chi connectivity index (χ4n) is 7.97. The Hall–Kier alpha value is -0.610. The quantitative estimate of drug-likeness (QED) is 0.682. The number of carbonyl (C=O) groups is 1. The maximum absolute atomic E-state index is 12.4. The molecule has 3 N–H and O–H groups in total. The van der Waals surface area contributed by atoms with E-state index in [4.69, 9.17) is 0 Å². The molecule has 0 aromatic rings. The number of nitrogens with one attached hydrogen (secondary N) is 1. The third-order valence-corrected chi connectivity index (χ3v) is 9.13. The molecule has 4 saturated carbocycles. The number of fused-ring (bicyclic) bond motifs is 5. The van der Waals surface area contributed by atoms with Gasteiger partial charge in [0.05, 0.1) is 12.2 Å². The minimum Gasteiger partial charge on any atom is -0.393 e. The Morgan fingerprint density at radius 2 is 1.80 bits per heavy atom. The highest BCUT2D eigenvalue weighted by atomic mass is 16.3. The Kier molecular flexibility index (Phi) is 4.23. The zero-order valence-corrected chi connectivity index (χ0v) is 16.0. The summed E-state index contributed by atoms with van der Waals surface area (Å²) in [6, 6.07) is 0. The second kappa shape index (κ2) is 5.95. The lowest BCUT2D eigenvalue weighted by atomic mass is 9.44. The van der Waals surface area contributed by atoms with E-state index < -0.39 is 0 Å². The maximum Gasteiger partial charge on any atom is 0.223 e. The van der Waals surface area contributed by atoms with Gasteiger partial charge in [-0.05, 0) is 85.9 Å². The van der Waals surface area contributed by atoms with E-state index in [0.29, 0.717) is 23.7 Å². The summed E-state index contributed by atoms with van der Waals surface area (Å²) < 4.78 is 0. The Bertz CT molecular complexity index is 551. The smallest absolute Gasteiger partial charge is 0.223 e. The first-order valence-electron chi connectivity index (χ1n) is 10.4. The highest BCUT2D eigenvalue weighted by Crippen LogP contribution is 2.67. The van der Waals surface area contributed by atoms with E-state index in [9.17, 15) is 15.0 Å². The summed E-state index contributed by atoms with van der Waals surface area (Å²) >= 11 is 0. The molecule has 0 aromatic heterocycles. The third-order valence-electron chi connectivity index (χ3n) is 9.13. The molecule has 0 saturated heterocycles. The Labute approximate surface area is 151 Å². The summed E-state index contributed by atoms with van der Waals surface area (Å²) in [6.07, 6.45) is 7.59. The molecule has 4 aliphatic rings. The number of carbonyl (C=O) groups excluding carboxylic acids is 1. The predicted molar refractivity (Wildman–Crippen MR) is 96.7 cm³/mol. The molecular formula is C21H35NO3. The third kappa shape index (κ3) is 2.43. The molecule has 0 heterocycles. The molecule has 1 amide bonds. The number of hydrogen-bond donors (Lipinski definition) is 3. The standard InChI is InChI=1S/C21H35NO3/c1-20-9-8-13(23)10-12(20)4-5-14-15-6-7-16(19(25)22-3)21(15,2)11-17(24)18(14)20/h12-18,23-24H,4-11H2,1-3H3,(H,22,25)/t12?,13-,14-,15-,16+,17-,18+,20-,21-/m0/s1. The molecule has 4 heteroatoms. The minimum atomic E-state index is -0.306. The van der Waals surface area contributed by atoms with E-state index in [1.165, 1.54) is 6.42 Å². The van der Waals surface area contributed by atoms with Crippen molar-refractivity contribution >= 4 is 5.91 Å². The van der Waals surface area contributed by atoms with Crippen LogP contribution in [0.15, 0.2) is 0 Å². The van der Waals surface area contributed by atoms with Crippen LogP contribution in [0.1, 0.15) is 65.2 Å². The van der Waals surface area contributed by atoms with E-state index in [1.807, 2.05) is 0 Å². The fourth-order valence-corrected chi connectivity index (χ4v) is 7.97. The number of amides is 1. The second-order valence-corrected chi connectivity index (χ2v) is 10.0. The van der Waals surface area contributed by atoms with Gasteiger partial charge in [-0.2, -0.15) is 0 Å². The molecule has 142 valence electrons. The van der Waals surface area contributed by atoms with Crippen LogP contribution in [0.3, 0.4) is 0 Å². The molecule has 4 nitrogen and oxygen atoms in total. The van der Waals surface area contributed by atoms with E-state index in [0.717, 1.165) is 44.9 Å². The summed E-state index contributed by atoms with van der Waals surface area (Å²) in [7, 11) is 1.74. The van der Waals surface area contributed by atoms with Crippen molar-refractivity contribution in [2.45, 2.75) is 77.4 Å². The lowest BCUT2D eigenvalue weighted by Crippen LogP contribution is -2.59. The van der Waals surface area contributed by atoms with Crippen LogP contribution >= 0.6 is 0 Å². The lowest BCUT2D eigenvalue weighted by molar-refractivity contribution is -0.179. The van der Waals surface area contributed by atoms with Crippen molar-refractivity contribution in [2.75, 3.05) is 7.05 Å². The first-order valence-corrected chi connectivity index (χ1v) is 10.4. The Morgan fingerprint density at radius 3 is 2.52 bits per heavy atom. The highest BCUT2D eigenvalue weighted by molar-refractivity contribution is 5.79. The molecule has 0 radical (unpaired) electrons. The topological polar surface area (TPSA) is 69.6 Å². The van der Waals surface area contributed by atoms with Crippen LogP contribution in [0.2, 0.25) is 0 Å². The van der Waals surface area contributed by atoms with E-state index in [-0.39, 0.29) is 34.9 Å². The average molecular weight is 350 g/mol. The molecule has 4 rings (SSSR count). The molecule has 0 aliphatic heterocycles. The Morgan fingerprint density at radius 1 is 1.04 bits per heavy atom. The minimum absolute atomic E-state index is 0.0526. The summed E-state index contributed by atoms with van der Waals surface area (Å²) in [5.74, 6) is 2.22. The van der Waals surface area contributed by atoms with Gasteiger partial charge < -0.3 is 15.5 Å². The Balaban J connectivity index is 1.65. The van der Waals surface area contributed by atoms with Gasteiger partial charge in [0.15, 0.2) is 0 Å². The van der Waals surface area contributed by atoms with Crippen molar-refractivity contribution in [1.29, 1.82) is 0 Å². The van der Waals surface area contributed by atoms with Crippen LogP contribution < -0.4 is 5.32 Å². The molecule has 1 unspecified atom stereocenters. The molecular weight excluding hydrogens is 314 g/mol. The summed E-state index contributed by atoms with van der Waals surface area (Å²) in [4.78, 5) is 12.4. The first-order chi connectivity index (χ1) is 11.8. The highest BCUT2D eigenvalue weighted by Gasteiger charge is 2.63. The van der Waals surface area contributed by atoms with Gasteiger partial charge in [0.2, 0.25) is 5.91 Å². The van der Waals surface area contributed by atoms with Crippen LogP contribution in [-0.4, -0.2) is 35.4 Å². The van der Waals surface area contributed by atoms with Gasteiger partial charge in [-0.3, -0.25) is 4.79 Å². The van der Waals surface area contributed by atoms with Crippen LogP contribution in [0, 0.1) is 40.4 Å². The monoisotopic (exact) mass is 349 g/mol. The van der Waals surface area contributed by atoms with Crippen molar-refractivity contribution in [2.24, 2.45) is 40.4 Å². The maximum atomic E-state index is 12.4. The van der Waals surface area contributed by atoms with E-state index in [1.54, 1.807) is 7.05 Å². The number of rotatable bonds is 1. The van der Waals surface area contributed by atoms with Crippen molar-refractivity contribution in [3.05, 3.63) is 0 Å². The van der Waals surface area contributed by atoms with Gasteiger partial charge in [-0.25, -0.2) is 0 Å². The molecule has 0 bridgehead atoms. The van der Waals surface area contributed by atoms with Gasteiger partial charge in [-0.15, -0.1) is 0 Å². The van der Waals surface area contributed by atoms with Crippen molar-refractivity contribution in [3.63, 3.8) is 0 Å². The number of aliphatic hydroxyl groups excluding tert-OH is 2. The van der Waals surface area contributed by atoms with Crippen molar-refractivity contribution in [3.8, 4) is 0 Å². The molecule has 25 heavy (non-hydrogen) atoms. The molecule has 0 aromatic carbocycles. The normalized spacial score (nSPS) is 55.0. The summed E-state index contributed by atoms with van der Waals surface area (Å²) in [6.45, 7) is 4.65. The van der Waals surface area contributed by atoms with Crippen molar-refractivity contribution < 1.29 is 15.0 Å². The zero-order chi connectivity index (χ0) is 18.0. The molecule has 9 atom stereocenters.